The van der Waals surface area contributed by atoms with Crippen LogP contribution in [0.2, 0.25) is 0 Å². The highest BCUT2D eigenvalue weighted by atomic mass is 16.3. The van der Waals surface area contributed by atoms with Crippen molar-refractivity contribution >= 4 is 16.9 Å². The van der Waals surface area contributed by atoms with E-state index in [1.807, 2.05) is 35.2 Å². The normalized spacial score (nSPS) is 17.3. The summed E-state index contributed by atoms with van der Waals surface area (Å²) >= 11 is 0. The van der Waals surface area contributed by atoms with Crippen LogP contribution in [0.4, 0.5) is 0 Å². The highest BCUT2D eigenvalue weighted by Crippen LogP contribution is 2.33. The molecule has 120 valence electrons. The Bertz CT molecular complexity index is 946. The van der Waals surface area contributed by atoms with Crippen LogP contribution >= 0.6 is 0 Å². The van der Waals surface area contributed by atoms with Gasteiger partial charge in [-0.1, -0.05) is 42.5 Å². The lowest BCUT2D eigenvalue weighted by atomic mass is 10.0. The maximum absolute atomic E-state index is 12.9. The summed E-state index contributed by atoms with van der Waals surface area (Å²) in [6.07, 6.45) is 1.87. The van der Waals surface area contributed by atoms with Gasteiger partial charge in [-0.05, 0) is 30.5 Å². The number of fused-ring (bicyclic) bond motifs is 1. The van der Waals surface area contributed by atoms with Crippen LogP contribution in [0.25, 0.3) is 11.0 Å². The summed E-state index contributed by atoms with van der Waals surface area (Å²) in [4.78, 5) is 27.0. The van der Waals surface area contributed by atoms with E-state index in [9.17, 15) is 9.59 Å². The second kappa shape index (κ2) is 5.96. The monoisotopic (exact) mass is 319 g/mol. The fourth-order valence-corrected chi connectivity index (χ4v) is 3.38. The molecule has 0 N–H and O–H groups in total. The Labute approximate surface area is 139 Å². The molecule has 0 spiro atoms. The topological polar surface area (TPSA) is 50.5 Å². The first-order valence-corrected chi connectivity index (χ1v) is 8.13. The van der Waals surface area contributed by atoms with Crippen molar-refractivity contribution in [3.05, 3.63) is 82.2 Å². The maximum atomic E-state index is 12.9. The van der Waals surface area contributed by atoms with Crippen LogP contribution in [0.1, 0.15) is 35.0 Å². The fourth-order valence-electron chi connectivity index (χ4n) is 3.38. The summed E-state index contributed by atoms with van der Waals surface area (Å²) in [6.45, 7) is 0.676. The molecule has 3 aromatic rings. The third-order valence-electron chi connectivity index (χ3n) is 4.54. The third-order valence-corrected chi connectivity index (χ3v) is 4.54. The SMILES string of the molecule is O=C(c1cc(=O)c2ccccc2o1)N1CCCC1c1ccccc1. The number of carbonyl (C=O) groups is 1. The number of carbonyl (C=O) groups excluding carboxylic acids is 1. The second-order valence-corrected chi connectivity index (χ2v) is 6.04. The van der Waals surface area contributed by atoms with Gasteiger partial charge in [0, 0.05) is 12.6 Å². The molecule has 1 aliphatic heterocycles. The van der Waals surface area contributed by atoms with E-state index in [1.165, 1.54) is 6.07 Å². The molecule has 1 aliphatic rings. The molecule has 24 heavy (non-hydrogen) atoms. The summed E-state index contributed by atoms with van der Waals surface area (Å²) in [5.74, 6) is -0.106. The van der Waals surface area contributed by atoms with Crippen molar-refractivity contribution in [3.63, 3.8) is 0 Å². The summed E-state index contributed by atoms with van der Waals surface area (Å²) in [7, 11) is 0. The van der Waals surface area contributed by atoms with Crippen LogP contribution in [0, 0.1) is 0 Å². The van der Waals surface area contributed by atoms with E-state index in [0.717, 1.165) is 18.4 Å². The predicted octanol–water partition coefficient (Wildman–Crippen LogP) is 3.77. The quantitative estimate of drug-likeness (QED) is 0.722. The number of nitrogens with zero attached hydrogens (tertiary/aromatic N) is 1. The first kappa shape index (κ1) is 14.7. The molecule has 1 saturated heterocycles. The van der Waals surface area contributed by atoms with Gasteiger partial charge in [0.05, 0.1) is 11.4 Å². The van der Waals surface area contributed by atoms with Crippen molar-refractivity contribution < 1.29 is 9.21 Å². The molecule has 4 heteroatoms. The van der Waals surface area contributed by atoms with Crippen molar-refractivity contribution in [2.75, 3.05) is 6.54 Å². The lowest BCUT2D eigenvalue weighted by Gasteiger charge is -2.24. The average Bonchev–Trinajstić information content (AvgIpc) is 3.11. The van der Waals surface area contributed by atoms with Crippen LogP contribution < -0.4 is 5.43 Å². The smallest absolute Gasteiger partial charge is 0.290 e. The molecule has 1 unspecified atom stereocenters. The van der Waals surface area contributed by atoms with Gasteiger partial charge in [-0.25, -0.2) is 0 Å². The Morgan fingerprint density at radius 2 is 1.79 bits per heavy atom. The summed E-state index contributed by atoms with van der Waals surface area (Å²) in [6, 6.07) is 18.3. The van der Waals surface area contributed by atoms with E-state index in [1.54, 1.807) is 24.3 Å². The van der Waals surface area contributed by atoms with Gasteiger partial charge in [-0.3, -0.25) is 9.59 Å². The highest BCUT2D eigenvalue weighted by molar-refractivity contribution is 5.93. The number of hydrogen-bond acceptors (Lipinski definition) is 3. The third kappa shape index (κ3) is 2.50. The van der Waals surface area contributed by atoms with E-state index in [4.69, 9.17) is 4.42 Å². The molecule has 2 heterocycles. The van der Waals surface area contributed by atoms with Crippen LogP contribution in [0.3, 0.4) is 0 Å². The largest absolute Gasteiger partial charge is 0.451 e. The standard InChI is InChI=1S/C20H17NO3/c22-17-13-19(24-18-11-5-4-9-15(17)18)20(23)21-12-6-10-16(21)14-7-2-1-3-8-14/h1-5,7-9,11,13,16H,6,10,12H2. The summed E-state index contributed by atoms with van der Waals surface area (Å²) < 4.78 is 5.71. The second-order valence-electron chi connectivity index (χ2n) is 6.04. The van der Waals surface area contributed by atoms with Crippen molar-refractivity contribution in [1.29, 1.82) is 0 Å². The van der Waals surface area contributed by atoms with Crippen molar-refractivity contribution in [1.82, 2.24) is 4.90 Å². The van der Waals surface area contributed by atoms with Gasteiger partial charge < -0.3 is 9.32 Å². The Kier molecular flexibility index (Phi) is 3.65. The molecule has 0 bridgehead atoms. The summed E-state index contributed by atoms with van der Waals surface area (Å²) in [5, 5.41) is 0.495. The molecule has 1 amide bonds. The molecule has 1 atom stereocenters. The number of hydrogen-bond donors (Lipinski definition) is 0. The number of likely N-dealkylation sites (tertiary alicyclic amines) is 1. The first-order chi connectivity index (χ1) is 11.7. The number of para-hydroxylation sites is 1. The van der Waals surface area contributed by atoms with Crippen LogP contribution in [-0.4, -0.2) is 17.4 Å². The van der Waals surface area contributed by atoms with E-state index < -0.39 is 0 Å². The lowest BCUT2D eigenvalue weighted by Crippen LogP contribution is -2.31. The zero-order valence-corrected chi connectivity index (χ0v) is 13.1. The van der Waals surface area contributed by atoms with Gasteiger partial charge in [-0.2, -0.15) is 0 Å². The highest BCUT2D eigenvalue weighted by Gasteiger charge is 2.31. The van der Waals surface area contributed by atoms with E-state index >= 15 is 0 Å². The van der Waals surface area contributed by atoms with Crippen LogP contribution in [-0.2, 0) is 0 Å². The van der Waals surface area contributed by atoms with Crippen molar-refractivity contribution in [2.45, 2.75) is 18.9 Å². The lowest BCUT2D eigenvalue weighted by molar-refractivity contribution is 0.0704. The number of rotatable bonds is 2. The average molecular weight is 319 g/mol. The molecule has 0 aliphatic carbocycles. The molecule has 1 aromatic heterocycles. The van der Waals surface area contributed by atoms with E-state index in [2.05, 4.69) is 0 Å². The Morgan fingerprint density at radius 1 is 1.04 bits per heavy atom. The molecular weight excluding hydrogens is 302 g/mol. The Balaban J connectivity index is 1.72. The first-order valence-electron chi connectivity index (χ1n) is 8.13. The van der Waals surface area contributed by atoms with Gasteiger partial charge in [-0.15, -0.1) is 0 Å². The van der Waals surface area contributed by atoms with Gasteiger partial charge in [0.2, 0.25) is 0 Å². The van der Waals surface area contributed by atoms with Gasteiger partial charge in [0.15, 0.2) is 11.2 Å². The van der Waals surface area contributed by atoms with Gasteiger partial charge in [0.1, 0.15) is 5.58 Å². The summed E-state index contributed by atoms with van der Waals surface area (Å²) in [5.41, 5.74) is 1.38. The molecule has 0 radical (unpaired) electrons. The fraction of sp³-hybridized carbons (Fsp3) is 0.200. The van der Waals surface area contributed by atoms with Crippen LogP contribution in [0.15, 0.2) is 69.9 Å². The maximum Gasteiger partial charge on any atom is 0.290 e. The number of amides is 1. The van der Waals surface area contributed by atoms with E-state index in [-0.39, 0.29) is 23.1 Å². The Morgan fingerprint density at radius 3 is 2.62 bits per heavy atom. The van der Waals surface area contributed by atoms with Crippen molar-refractivity contribution in [2.24, 2.45) is 0 Å². The minimum atomic E-state index is -0.218. The van der Waals surface area contributed by atoms with Crippen molar-refractivity contribution in [3.8, 4) is 0 Å². The Hall–Kier alpha value is -2.88. The molecule has 4 nitrogen and oxygen atoms in total. The zero-order valence-electron chi connectivity index (χ0n) is 13.1. The molecule has 2 aromatic carbocycles. The number of benzene rings is 2. The van der Waals surface area contributed by atoms with Gasteiger partial charge in [0.25, 0.3) is 5.91 Å². The van der Waals surface area contributed by atoms with Crippen LogP contribution in [0.5, 0.6) is 0 Å². The van der Waals surface area contributed by atoms with E-state index in [0.29, 0.717) is 17.5 Å². The molecule has 4 rings (SSSR count). The minimum absolute atomic E-state index is 0.0375. The molecule has 1 fully saturated rings. The molecular formula is C20H17NO3. The molecule has 0 saturated carbocycles. The minimum Gasteiger partial charge on any atom is -0.451 e. The predicted molar refractivity (Wildman–Crippen MR) is 91.9 cm³/mol. The zero-order chi connectivity index (χ0) is 16.5. The van der Waals surface area contributed by atoms with Gasteiger partial charge >= 0.3 is 0 Å².